The van der Waals surface area contributed by atoms with Crippen LogP contribution in [-0.4, -0.2) is 27.3 Å². The molecule has 0 saturated heterocycles. The van der Waals surface area contributed by atoms with Crippen molar-refractivity contribution in [3.8, 4) is 11.5 Å². The Morgan fingerprint density at radius 3 is 2.77 bits per heavy atom. The zero-order valence-corrected chi connectivity index (χ0v) is 19.0. The Hall–Kier alpha value is -2.39. The average molecular weight is 499 g/mol. The first-order valence-corrected chi connectivity index (χ1v) is 10.6. The second kappa shape index (κ2) is 10.6. The quantitative estimate of drug-likeness (QED) is 0.413. The van der Waals surface area contributed by atoms with Gasteiger partial charge in [-0.1, -0.05) is 52.0 Å². The van der Waals surface area contributed by atoms with Crippen LogP contribution in [0.2, 0.25) is 5.02 Å². The second-order valence-electron chi connectivity index (χ2n) is 6.55. The maximum absolute atomic E-state index is 13.2. The molecular weight excluding hydrogens is 477 g/mol. The van der Waals surface area contributed by atoms with Gasteiger partial charge in [0.25, 0.3) is 0 Å². The summed E-state index contributed by atoms with van der Waals surface area (Å²) in [5, 5.41) is 15.3. The van der Waals surface area contributed by atoms with E-state index < -0.39 is 0 Å². The highest BCUT2D eigenvalue weighted by molar-refractivity contribution is 9.10. The Kier molecular flexibility index (Phi) is 7.87. The summed E-state index contributed by atoms with van der Waals surface area (Å²) in [5.74, 6) is 1.34. The van der Waals surface area contributed by atoms with Gasteiger partial charge in [-0.15, -0.1) is 0 Å². The summed E-state index contributed by atoms with van der Waals surface area (Å²) < 4.78 is 27.1. The molecule has 1 N–H and O–H groups in total. The van der Waals surface area contributed by atoms with Gasteiger partial charge in [-0.05, 0) is 46.7 Å². The van der Waals surface area contributed by atoms with Crippen LogP contribution in [0.3, 0.4) is 0 Å². The van der Waals surface area contributed by atoms with Gasteiger partial charge in [0.1, 0.15) is 12.4 Å². The van der Waals surface area contributed by atoms with Gasteiger partial charge < -0.3 is 14.8 Å². The number of anilines is 1. The molecule has 3 aromatic rings. The lowest BCUT2D eigenvalue weighted by Crippen LogP contribution is -2.09. The van der Waals surface area contributed by atoms with Crippen molar-refractivity contribution in [1.29, 1.82) is 0 Å². The first-order chi connectivity index (χ1) is 14.5. The van der Waals surface area contributed by atoms with Crippen LogP contribution in [-0.2, 0) is 19.7 Å². The Balaban J connectivity index is 1.70. The minimum absolute atomic E-state index is 0.186. The van der Waals surface area contributed by atoms with E-state index in [0.29, 0.717) is 34.6 Å². The van der Waals surface area contributed by atoms with Gasteiger partial charge in [-0.2, -0.15) is 0 Å². The zero-order chi connectivity index (χ0) is 21.5. The van der Waals surface area contributed by atoms with Crippen LogP contribution < -0.4 is 14.8 Å². The predicted molar refractivity (Wildman–Crippen MR) is 116 cm³/mol. The van der Waals surface area contributed by atoms with Gasteiger partial charge in [0.2, 0.25) is 5.95 Å². The van der Waals surface area contributed by atoms with Gasteiger partial charge >= 0.3 is 0 Å². The molecule has 0 spiro atoms. The maximum Gasteiger partial charge on any atom is 0.243 e. The van der Waals surface area contributed by atoms with Gasteiger partial charge in [-0.25, -0.2) is 9.07 Å². The third-order valence-electron chi connectivity index (χ3n) is 4.42. The highest BCUT2D eigenvalue weighted by atomic mass is 79.9. The van der Waals surface area contributed by atoms with E-state index in [0.717, 1.165) is 29.4 Å². The summed E-state index contributed by atoms with van der Waals surface area (Å²) >= 11 is 9.65. The number of aromatic nitrogens is 4. The second-order valence-corrected chi connectivity index (χ2v) is 7.81. The Morgan fingerprint density at radius 2 is 2.03 bits per heavy atom. The smallest absolute Gasteiger partial charge is 0.243 e. The van der Waals surface area contributed by atoms with Crippen LogP contribution in [0.5, 0.6) is 11.5 Å². The van der Waals surface area contributed by atoms with Crippen molar-refractivity contribution in [2.24, 2.45) is 0 Å². The third kappa shape index (κ3) is 5.60. The average Bonchev–Trinajstić information content (AvgIpc) is 3.18. The SMILES string of the molecule is CCCCn1nnnc1NCc1cc(OC)c(OCc2ccc(F)cc2Cl)cc1Br. The van der Waals surface area contributed by atoms with Crippen molar-refractivity contribution in [2.45, 2.75) is 39.5 Å². The molecule has 2 aromatic carbocycles. The molecule has 1 heterocycles. The van der Waals surface area contributed by atoms with E-state index in [1.807, 2.05) is 12.1 Å². The number of benzene rings is 2. The van der Waals surface area contributed by atoms with E-state index in [1.54, 1.807) is 17.9 Å². The van der Waals surface area contributed by atoms with Crippen LogP contribution in [0.1, 0.15) is 30.9 Å². The lowest BCUT2D eigenvalue weighted by Gasteiger charge is -2.15. The van der Waals surface area contributed by atoms with Crippen LogP contribution in [0, 0.1) is 5.82 Å². The molecule has 0 saturated carbocycles. The van der Waals surface area contributed by atoms with Crippen LogP contribution >= 0.6 is 27.5 Å². The number of rotatable bonds is 10. The summed E-state index contributed by atoms with van der Waals surface area (Å²) in [4.78, 5) is 0. The minimum Gasteiger partial charge on any atom is -0.493 e. The number of aryl methyl sites for hydroxylation is 1. The number of nitrogens with zero attached hydrogens (tertiary/aromatic N) is 4. The monoisotopic (exact) mass is 497 g/mol. The number of hydrogen-bond acceptors (Lipinski definition) is 6. The first kappa shape index (κ1) is 22.3. The van der Waals surface area contributed by atoms with Crippen LogP contribution in [0.15, 0.2) is 34.8 Å². The molecule has 0 unspecified atom stereocenters. The Morgan fingerprint density at radius 1 is 1.20 bits per heavy atom. The fraction of sp³-hybridized carbons (Fsp3) is 0.350. The highest BCUT2D eigenvalue weighted by Gasteiger charge is 2.13. The molecule has 0 bridgehead atoms. The standard InChI is InChI=1S/C20H22BrClFN5O2/c1-3-4-7-28-20(25-26-27-28)24-11-14-8-18(29-2)19(10-16(14)21)30-12-13-5-6-15(23)9-17(13)22/h5-6,8-10H,3-4,7,11-12H2,1-2H3,(H,24,25,27). The molecule has 30 heavy (non-hydrogen) atoms. The Labute approximate surface area is 187 Å². The van der Waals surface area contributed by atoms with Crippen molar-refractivity contribution < 1.29 is 13.9 Å². The van der Waals surface area contributed by atoms with E-state index in [1.165, 1.54) is 12.1 Å². The molecule has 0 amide bonds. The topological polar surface area (TPSA) is 74.1 Å². The van der Waals surface area contributed by atoms with Crippen molar-refractivity contribution in [1.82, 2.24) is 20.2 Å². The summed E-state index contributed by atoms with van der Waals surface area (Å²) in [6.45, 7) is 3.56. The van der Waals surface area contributed by atoms with Gasteiger partial charge in [0, 0.05) is 23.1 Å². The van der Waals surface area contributed by atoms with E-state index in [9.17, 15) is 4.39 Å². The highest BCUT2D eigenvalue weighted by Crippen LogP contribution is 2.35. The molecule has 7 nitrogen and oxygen atoms in total. The molecule has 0 aliphatic carbocycles. The first-order valence-electron chi connectivity index (χ1n) is 9.45. The molecule has 10 heteroatoms. The summed E-state index contributed by atoms with van der Waals surface area (Å²) in [7, 11) is 1.57. The molecular formula is C20H22BrClFN5O2. The van der Waals surface area contributed by atoms with Crippen LogP contribution in [0.4, 0.5) is 10.3 Å². The third-order valence-corrected chi connectivity index (χ3v) is 5.51. The molecule has 0 aliphatic rings. The summed E-state index contributed by atoms with van der Waals surface area (Å²) in [6.07, 6.45) is 2.06. The molecule has 0 radical (unpaired) electrons. The number of methoxy groups -OCH3 is 1. The van der Waals surface area contributed by atoms with Gasteiger partial charge in [0.05, 0.1) is 12.1 Å². The van der Waals surface area contributed by atoms with E-state index in [2.05, 4.69) is 43.7 Å². The van der Waals surface area contributed by atoms with Crippen molar-refractivity contribution in [3.05, 3.63) is 56.8 Å². The van der Waals surface area contributed by atoms with E-state index in [-0.39, 0.29) is 12.4 Å². The lowest BCUT2D eigenvalue weighted by atomic mass is 10.2. The minimum atomic E-state index is -0.387. The molecule has 3 rings (SSSR count). The molecule has 0 aliphatic heterocycles. The molecule has 1 aromatic heterocycles. The fourth-order valence-corrected chi connectivity index (χ4v) is 3.43. The van der Waals surface area contributed by atoms with Gasteiger partial charge in [-0.3, -0.25) is 0 Å². The number of hydrogen-bond donors (Lipinski definition) is 1. The van der Waals surface area contributed by atoms with Gasteiger partial charge in [0.15, 0.2) is 11.5 Å². The zero-order valence-electron chi connectivity index (χ0n) is 16.7. The largest absolute Gasteiger partial charge is 0.493 e. The normalized spacial score (nSPS) is 10.8. The number of unbranched alkanes of at least 4 members (excludes halogenated alkanes) is 1. The van der Waals surface area contributed by atoms with E-state index >= 15 is 0 Å². The predicted octanol–water partition coefficient (Wildman–Crippen LogP) is 5.23. The summed E-state index contributed by atoms with van der Waals surface area (Å²) in [6, 6.07) is 7.91. The number of halogens is 3. The van der Waals surface area contributed by atoms with Crippen molar-refractivity contribution in [3.63, 3.8) is 0 Å². The fourth-order valence-electron chi connectivity index (χ4n) is 2.74. The molecule has 0 fully saturated rings. The number of ether oxygens (including phenoxy) is 2. The van der Waals surface area contributed by atoms with Crippen molar-refractivity contribution in [2.75, 3.05) is 12.4 Å². The number of tetrazole rings is 1. The molecule has 160 valence electrons. The maximum atomic E-state index is 13.2. The van der Waals surface area contributed by atoms with Crippen LogP contribution in [0.25, 0.3) is 0 Å². The number of nitrogens with one attached hydrogen (secondary N) is 1. The van der Waals surface area contributed by atoms with Crippen molar-refractivity contribution >= 4 is 33.5 Å². The molecule has 0 atom stereocenters. The van der Waals surface area contributed by atoms with E-state index in [4.69, 9.17) is 21.1 Å². The Bertz CT molecular complexity index is 1000. The summed E-state index contributed by atoms with van der Waals surface area (Å²) in [5.41, 5.74) is 1.63. The lowest BCUT2D eigenvalue weighted by molar-refractivity contribution is 0.284.